The van der Waals surface area contributed by atoms with Gasteiger partial charge in [-0.1, -0.05) is 23.9 Å². The molecule has 0 aliphatic carbocycles. The van der Waals surface area contributed by atoms with Crippen molar-refractivity contribution in [3.8, 4) is 11.5 Å². The van der Waals surface area contributed by atoms with Crippen LogP contribution in [0.3, 0.4) is 0 Å². The second-order valence-corrected chi connectivity index (χ2v) is 8.37. The van der Waals surface area contributed by atoms with Crippen LogP contribution in [0.4, 0.5) is 0 Å². The number of nitrogens with one attached hydrogen (secondary N) is 2. The third-order valence-corrected chi connectivity index (χ3v) is 6.25. The lowest BCUT2D eigenvalue weighted by Gasteiger charge is -2.20. The predicted molar refractivity (Wildman–Crippen MR) is 94.9 cm³/mol. The number of carbonyl (C=O) groups excluding carboxylic acids is 2. The van der Waals surface area contributed by atoms with Crippen LogP contribution in [0.15, 0.2) is 57.2 Å². The van der Waals surface area contributed by atoms with Gasteiger partial charge in [-0.2, -0.15) is 4.72 Å². The molecule has 0 saturated carbocycles. The zero-order valence-electron chi connectivity index (χ0n) is 13.7. The fourth-order valence-electron chi connectivity index (χ4n) is 2.36. The molecule has 5 N–H and O–H groups in total. The van der Waals surface area contributed by atoms with E-state index in [0.717, 1.165) is 9.79 Å². The van der Waals surface area contributed by atoms with Gasteiger partial charge >= 0.3 is 0 Å². The molecule has 0 bridgehead atoms. The fourth-order valence-corrected chi connectivity index (χ4v) is 4.51. The molecule has 1 aliphatic rings. The molecule has 2 amide bonds. The maximum atomic E-state index is 12.6. The predicted octanol–water partition coefficient (Wildman–Crippen LogP) is 0.971. The Bertz CT molecular complexity index is 1010. The molecule has 142 valence electrons. The van der Waals surface area contributed by atoms with E-state index in [4.69, 9.17) is 15.7 Å². The number of para-hydroxylation sites is 1. The number of ether oxygens (including phenoxy) is 1. The number of benzene rings is 2. The molecule has 0 unspecified atom stereocenters. The van der Waals surface area contributed by atoms with E-state index in [1.165, 1.54) is 29.4 Å². The minimum absolute atomic E-state index is 0.156. The molecule has 2 aromatic carbocycles. The molecule has 11 heteroatoms. The van der Waals surface area contributed by atoms with Crippen molar-refractivity contribution >= 4 is 33.6 Å². The summed E-state index contributed by atoms with van der Waals surface area (Å²) in [6, 6.07) is 10.1. The molecular formula is C16H15N3O6S2. The summed E-state index contributed by atoms with van der Waals surface area (Å²) in [4.78, 5) is 24.2. The molecule has 1 atom stereocenters. The summed E-state index contributed by atoms with van der Waals surface area (Å²) in [6.45, 7) is 0. The molecule has 0 fully saturated rings. The monoisotopic (exact) mass is 409 g/mol. The van der Waals surface area contributed by atoms with Gasteiger partial charge in [0, 0.05) is 6.07 Å². The Morgan fingerprint density at radius 2 is 1.85 bits per heavy atom. The van der Waals surface area contributed by atoms with E-state index in [1.54, 1.807) is 18.2 Å². The standard InChI is InChI=1S/C16H15N3O6S2/c17-16(21)10(8-15(20)18-22)19-27(23,24)9-5-6-14-12(7-9)25-11-3-1-2-4-13(11)26-14/h1-7,10,19,22H,8H2,(H2,17,21)(H,18,20)/t10-/m0/s1. The maximum Gasteiger partial charge on any atom is 0.245 e. The van der Waals surface area contributed by atoms with E-state index < -0.39 is 34.3 Å². The Labute approximate surface area is 158 Å². The molecule has 27 heavy (non-hydrogen) atoms. The number of sulfonamides is 1. The first-order chi connectivity index (χ1) is 12.8. The lowest BCUT2D eigenvalue weighted by molar-refractivity contribution is -0.132. The second-order valence-electron chi connectivity index (χ2n) is 5.57. The number of fused-ring (bicyclic) bond motifs is 2. The molecule has 0 saturated heterocycles. The summed E-state index contributed by atoms with van der Waals surface area (Å²) in [5, 5.41) is 8.55. The van der Waals surface area contributed by atoms with Gasteiger partial charge in [-0.05, 0) is 24.3 Å². The molecule has 9 nitrogen and oxygen atoms in total. The summed E-state index contributed by atoms with van der Waals surface area (Å²) in [5.74, 6) is -1.05. The van der Waals surface area contributed by atoms with Crippen molar-refractivity contribution in [3.63, 3.8) is 0 Å². The average Bonchev–Trinajstić information content (AvgIpc) is 2.64. The zero-order chi connectivity index (χ0) is 19.6. The number of rotatable bonds is 6. The summed E-state index contributed by atoms with van der Waals surface area (Å²) in [7, 11) is -4.17. The van der Waals surface area contributed by atoms with Gasteiger partial charge < -0.3 is 10.5 Å². The molecule has 0 spiro atoms. The number of nitrogens with two attached hydrogens (primary N) is 1. The van der Waals surface area contributed by atoms with E-state index in [-0.39, 0.29) is 4.90 Å². The van der Waals surface area contributed by atoms with Gasteiger partial charge in [-0.15, -0.1) is 0 Å². The van der Waals surface area contributed by atoms with Crippen molar-refractivity contribution in [1.82, 2.24) is 10.2 Å². The van der Waals surface area contributed by atoms with Crippen LogP contribution in [0.2, 0.25) is 0 Å². The number of primary amides is 1. The van der Waals surface area contributed by atoms with Crippen LogP contribution >= 0.6 is 11.8 Å². The lowest BCUT2D eigenvalue weighted by atomic mass is 10.2. The Hall–Kier alpha value is -2.60. The van der Waals surface area contributed by atoms with Crippen molar-refractivity contribution in [2.45, 2.75) is 27.1 Å². The van der Waals surface area contributed by atoms with Gasteiger partial charge in [0.05, 0.1) is 21.1 Å². The van der Waals surface area contributed by atoms with Gasteiger partial charge in [0.25, 0.3) is 0 Å². The Morgan fingerprint density at radius 3 is 2.56 bits per heavy atom. The van der Waals surface area contributed by atoms with Gasteiger partial charge in [-0.25, -0.2) is 13.9 Å². The number of hydrogen-bond acceptors (Lipinski definition) is 7. The number of hydrogen-bond donors (Lipinski definition) is 4. The molecular weight excluding hydrogens is 394 g/mol. The Morgan fingerprint density at radius 1 is 1.15 bits per heavy atom. The number of carbonyl (C=O) groups is 2. The van der Waals surface area contributed by atoms with Crippen LogP contribution in [-0.4, -0.2) is 31.5 Å². The van der Waals surface area contributed by atoms with Crippen molar-refractivity contribution < 1.29 is 28.0 Å². The van der Waals surface area contributed by atoms with Crippen molar-refractivity contribution in [1.29, 1.82) is 0 Å². The van der Waals surface area contributed by atoms with Crippen LogP contribution < -0.4 is 20.7 Å². The van der Waals surface area contributed by atoms with E-state index in [1.807, 2.05) is 12.1 Å². The highest BCUT2D eigenvalue weighted by Gasteiger charge is 2.28. The van der Waals surface area contributed by atoms with Gasteiger partial charge in [0.15, 0.2) is 0 Å². The first kappa shape index (κ1) is 19.2. The smallest absolute Gasteiger partial charge is 0.245 e. The molecule has 1 aliphatic heterocycles. The van der Waals surface area contributed by atoms with E-state index in [9.17, 15) is 18.0 Å². The van der Waals surface area contributed by atoms with E-state index >= 15 is 0 Å². The topological polar surface area (TPSA) is 148 Å². The van der Waals surface area contributed by atoms with Crippen molar-refractivity contribution in [2.24, 2.45) is 5.73 Å². The third-order valence-electron chi connectivity index (χ3n) is 3.67. The number of hydroxylamine groups is 1. The fraction of sp³-hybridized carbons (Fsp3) is 0.125. The maximum absolute atomic E-state index is 12.6. The summed E-state index contributed by atoms with van der Waals surface area (Å²) in [5.41, 5.74) is 6.46. The zero-order valence-corrected chi connectivity index (χ0v) is 15.3. The first-order valence-electron chi connectivity index (χ1n) is 7.63. The highest BCUT2D eigenvalue weighted by atomic mass is 32.2. The van der Waals surface area contributed by atoms with Crippen LogP contribution in [0, 0.1) is 0 Å². The minimum Gasteiger partial charge on any atom is -0.455 e. The second kappa shape index (κ2) is 7.56. The molecule has 0 radical (unpaired) electrons. The Kier molecular flexibility index (Phi) is 5.37. The van der Waals surface area contributed by atoms with E-state index in [0.29, 0.717) is 11.5 Å². The SMILES string of the molecule is NC(=O)[C@H](CC(=O)NO)NS(=O)(=O)c1ccc2c(c1)Oc1ccccc1S2. The summed E-state index contributed by atoms with van der Waals surface area (Å²) < 4.78 is 33.0. The van der Waals surface area contributed by atoms with Crippen LogP contribution in [0.25, 0.3) is 0 Å². The minimum atomic E-state index is -4.17. The quantitative estimate of drug-likeness (QED) is 0.350. The van der Waals surface area contributed by atoms with Crippen LogP contribution in [0.5, 0.6) is 11.5 Å². The van der Waals surface area contributed by atoms with Crippen LogP contribution in [0.1, 0.15) is 6.42 Å². The summed E-state index contributed by atoms with van der Waals surface area (Å²) >= 11 is 1.44. The lowest BCUT2D eigenvalue weighted by Crippen LogP contribution is -2.46. The Balaban J connectivity index is 1.86. The average molecular weight is 409 g/mol. The molecule has 1 heterocycles. The number of amides is 2. The van der Waals surface area contributed by atoms with Crippen LogP contribution in [-0.2, 0) is 19.6 Å². The first-order valence-corrected chi connectivity index (χ1v) is 9.93. The summed E-state index contributed by atoms with van der Waals surface area (Å²) in [6.07, 6.45) is -0.643. The van der Waals surface area contributed by atoms with Crippen molar-refractivity contribution in [2.75, 3.05) is 0 Å². The highest BCUT2D eigenvalue weighted by Crippen LogP contribution is 2.47. The molecule has 2 aromatic rings. The molecule has 3 rings (SSSR count). The van der Waals surface area contributed by atoms with E-state index in [2.05, 4.69) is 4.72 Å². The van der Waals surface area contributed by atoms with Crippen molar-refractivity contribution in [3.05, 3.63) is 42.5 Å². The normalized spacial score (nSPS) is 13.7. The third kappa shape index (κ3) is 4.22. The van der Waals surface area contributed by atoms with Gasteiger partial charge in [0.1, 0.15) is 17.5 Å². The highest BCUT2D eigenvalue weighted by molar-refractivity contribution is 7.99. The van der Waals surface area contributed by atoms with Gasteiger partial charge in [-0.3, -0.25) is 14.8 Å². The van der Waals surface area contributed by atoms with Gasteiger partial charge in [0.2, 0.25) is 21.8 Å². The molecule has 0 aromatic heterocycles. The largest absolute Gasteiger partial charge is 0.455 e.